The lowest BCUT2D eigenvalue weighted by atomic mass is 10.1. The molecule has 0 spiro atoms. The summed E-state index contributed by atoms with van der Waals surface area (Å²) >= 11 is 11.7. The summed E-state index contributed by atoms with van der Waals surface area (Å²) in [5, 5.41) is 11.6. The molecule has 1 atom stereocenters. The number of rotatable bonds is 5. The molecule has 2 rings (SSSR count). The first-order valence-corrected chi connectivity index (χ1v) is 7.73. The van der Waals surface area contributed by atoms with Gasteiger partial charge in [-0.3, -0.25) is 4.79 Å². The van der Waals surface area contributed by atoms with Crippen molar-refractivity contribution in [3.63, 3.8) is 0 Å². The molecule has 1 N–H and O–H groups in total. The van der Waals surface area contributed by atoms with Gasteiger partial charge in [0.1, 0.15) is 11.6 Å². The van der Waals surface area contributed by atoms with E-state index < -0.39 is 17.8 Å². The van der Waals surface area contributed by atoms with E-state index in [2.05, 4.69) is 5.32 Å². The molecule has 0 aliphatic rings. The zero-order chi connectivity index (χ0) is 17.7. The van der Waals surface area contributed by atoms with Crippen molar-refractivity contribution in [2.75, 3.05) is 6.61 Å². The molecule has 24 heavy (non-hydrogen) atoms. The van der Waals surface area contributed by atoms with E-state index in [1.54, 1.807) is 31.2 Å². The summed E-state index contributed by atoms with van der Waals surface area (Å²) in [6, 6.07) is 10.3. The van der Waals surface area contributed by atoms with Gasteiger partial charge in [-0.25, -0.2) is 4.39 Å². The summed E-state index contributed by atoms with van der Waals surface area (Å²) in [4.78, 5) is 11.9. The third-order valence-electron chi connectivity index (χ3n) is 3.24. The van der Waals surface area contributed by atoms with E-state index in [0.717, 1.165) is 0 Å². The molecule has 124 valence electrons. The first-order valence-electron chi connectivity index (χ1n) is 6.97. The topological polar surface area (TPSA) is 62.1 Å². The highest BCUT2D eigenvalue weighted by Crippen LogP contribution is 2.28. The van der Waals surface area contributed by atoms with E-state index in [0.29, 0.717) is 16.9 Å². The second kappa shape index (κ2) is 8.00. The fourth-order valence-electron chi connectivity index (χ4n) is 2.01. The fourth-order valence-corrected chi connectivity index (χ4v) is 2.55. The van der Waals surface area contributed by atoms with E-state index in [1.807, 2.05) is 6.07 Å². The summed E-state index contributed by atoms with van der Waals surface area (Å²) in [5.41, 5.74) is 0.921. The molecule has 2 aromatic carbocycles. The Morgan fingerprint density at radius 2 is 1.96 bits per heavy atom. The van der Waals surface area contributed by atoms with Crippen molar-refractivity contribution in [3.8, 4) is 11.8 Å². The predicted molar refractivity (Wildman–Crippen MR) is 89.6 cm³/mol. The van der Waals surface area contributed by atoms with E-state index in [4.69, 9.17) is 33.2 Å². The molecule has 1 amide bonds. The van der Waals surface area contributed by atoms with Crippen LogP contribution in [0, 0.1) is 17.1 Å². The molecule has 7 heteroatoms. The number of hydrogen-bond donors (Lipinski definition) is 1. The van der Waals surface area contributed by atoms with Gasteiger partial charge in [-0.05, 0) is 48.9 Å². The highest BCUT2D eigenvalue weighted by atomic mass is 35.5. The van der Waals surface area contributed by atoms with Gasteiger partial charge >= 0.3 is 0 Å². The number of nitrogens with one attached hydrogen (secondary N) is 1. The lowest BCUT2D eigenvalue weighted by Crippen LogP contribution is -2.31. The maximum absolute atomic E-state index is 13.5. The van der Waals surface area contributed by atoms with Crippen LogP contribution in [0.25, 0.3) is 0 Å². The standard InChI is InChI=1S/C17H13Cl2FN2O2/c1-10(13-6-16(20)15(19)7-14(13)18)22-17(23)9-24-12-4-2-11(8-21)3-5-12/h2-7,10H,9H2,1H3,(H,22,23)/t10-/m0/s1. The Labute approximate surface area is 148 Å². The number of nitriles is 1. The summed E-state index contributed by atoms with van der Waals surface area (Å²) in [5.74, 6) is -0.531. The number of carbonyl (C=O) groups is 1. The third kappa shape index (κ3) is 4.60. The Bertz CT molecular complexity index is 788. The molecule has 0 bridgehead atoms. The molecule has 4 nitrogen and oxygen atoms in total. The Morgan fingerprint density at radius 1 is 1.29 bits per heavy atom. The minimum Gasteiger partial charge on any atom is -0.484 e. The van der Waals surface area contributed by atoms with Crippen LogP contribution in [0.15, 0.2) is 36.4 Å². The predicted octanol–water partition coefficient (Wildman–Crippen LogP) is 4.26. The second-order valence-corrected chi connectivity index (χ2v) is 5.82. The highest BCUT2D eigenvalue weighted by molar-refractivity contribution is 6.35. The lowest BCUT2D eigenvalue weighted by molar-refractivity contribution is -0.123. The lowest BCUT2D eigenvalue weighted by Gasteiger charge is -2.16. The van der Waals surface area contributed by atoms with Crippen LogP contribution in [-0.2, 0) is 4.79 Å². The Hall–Kier alpha value is -2.29. The van der Waals surface area contributed by atoms with Gasteiger partial charge in [0.15, 0.2) is 6.61 Å². The second-order valence-electron chi connectivity index (χ2n) is 5.00. The smallest absolute Gasteiger partial charge is 0.258 e. The molecule has 0 aliphatic carbocycles. The van der Waals surface area contributed by atoms with E-state index in [-0.39, 0.29) is 16.7 Å². The van der Waals surface area contributed by atoms with Gasteiger partial charge in [-0.1, -0.05) is 23.2 Å². The first-order chi connectivity index (χ1) is 11.4. The van der Waals surface area contributed by atoms with E-state index in [9.17, 15) is 9.18 Å². The van der Waals surface area contributed by atoms with Crippen molar-refractivity contribution in [2.24, 2.45) is 0 Å². The van der Waals surface area contributed by atoms with Crippen molar-refractivity contribution in [3.05, 3.63) is 63.4 Å². The van der Waals surface area contributed by atoms with Crippen molar-refractivity contribution in [1.29, 1.82) is 5.26 Å². The largest absolute Gasteiger partial charge is 0.484 e. The average Bonchev–Trinajstić information content (AvgIpc) is 2.56. The minimum absolute atomic E-state index is 0.0774. The van der Waals surface area contributed by atoms with Crippen molar-refractivity contribution < 1.29 is 13.9 Å². The minimum atomic E-state index is -0.606. The van der Waals surface area contributed by atoms with Crippen LogP contribution in [0.3, 0.4) is 0 Å². The van der Waals surface area contributed by atoms with Crippen molar-refractivity contribution in [1.82, 2.24) is 5.32 Å². The van der Waals surface area contributed by atoms with Crippen LogP contribution in [0.2, 0.25) is 10.0 Å². The molecule has 0 aliphatic heterocycles. The fraction of sp³-hybridized carbons (Fsp3) is 0.176. The zero-order valence-corrected chi connectivity index (χ0v) is 14.2. The molecule has 0 saturated carbocycles. The highest BCUT2D eigenvalue weighted by Gasteiger charge is 2.16. The summed E-state index contributed by atoms with van der Waals surface area (Å²) < 4.78 is 18.9. The Balaban J connectivity index is 1.94. The number of ether oxygens (including phenoxy) is 1. The van der Waals surface area contributed by atoms with E-state index in [1.165, 1.54) is 12.1 Å². The quantitative estimate of drug-likeness (QED) is 0.804. The maximum atomic E-state index is 13.5. The summed E-state index contributed by atoms with van der Waals surface area (Å²) in [6.07, 6.45) is 0. The first kappa shape index (κ1) is 18.1. The number of carbonyl (C=O) groups excluding carboxylic acids is 1. The van der Waals surface area contributed by atoms with Gasteiger partial charge < -0.3 is 10.1 Å². The molecule has 0 radical (unpaired) electrons. The number of benzene rings is 2. The number of amides is 1. The Morgan fingerprint density at radius 3 is 2.58 bits per heavy atom. The van der Waals surface area contributed by atoms with Crippen LogP contribution < -0.4 is 10.1 Å². The zero-order valence-electron chi connectivity index (χ0n) is 12.6. The molecule has 0 unspecified atom stereocenters. The van der Waals surface area contributed by atoms with Gasteiger partial charge in [0, 0.05) is 5.02 Å². The van der Waals surface area contributed by atoms with Gasteiger partial charge in [-0.2, -0.15) is 5.26 Å². The van der Waals surface area contributed by atoms with Gasteiger partial charge in [-0.15, -0.1) is 0 Å². The maximum Gasteiger partial charge on any atom is 0.258 e. The molecule has 0 heterocycles. The van der Waals surface area contributed by atoms with E-state index >= 15 is 0 Å². The molecule has 0 aromatic heterocycles. The average molecular weight is 367 g/mol. The SMILES string of the molecule is C[C@H](NC(=O)COc1ccc(C#N)cc1)c1cc(F)c(Cl)cc1Cl. The van der Waals surface area contributed by atoms with Gasteiger partial charge in [0.25, 0.3) is 5.91 Å². The number of hydrogen-bond acceptors (Lipinski definition) is 3. The number of nitrogens with zero attached hydrogens (tertiary/aromatic N) is 1. The van der Waals surface area contributed by atoms with Crippen LogP contribution in [0.5, 0.6) is 5.75 Å². The Kier molecular flexibility index (Phi) is 6.02. The summed E-state index contributed by atoms with van der Waals surface area (Å²) in [7, 11) is 0. The van der Waals surface area contributed by atoms with Crippen LogP contribution in [-0.4, -0.2) is 12.5 Å². The summed E-state index contributed by atoms with van der Waals surface area (Å²) in [6.45, 7) is 1.46. The molecule has 2 aromatic rings. The van der Waals surface area contributed by atoms with Gasteiger partial charge in [0.2, 0.25) is 0 Å². The van der Waals surface area contributed by atoms with Crippen molar-refractivity contribution in [2.45, 2.75) is 13.0 Å². The molecular weight excluding hydrogens is 354 g/mol. The van der Waals surface area contributed by atoms with Gasteiger partial charge in [0.05, 0.1) is 22.7 Å². The monoisotopic (exact) mass is 366 g/mol. The molecule has 0 saturated heterocycles. The van der Waals surface area contributed by atoms with Crippen LogP contribution >= 0.6 is 23.2 Å². The van der Waals surface area contributed by atoms with Crippen LogP contribution in [0.4, 0.5) is 4.39 Å². The van der Waals surface area contributed by atoms with Crippen molar-refractivity contribution >= 4 is 29.1 Å². The van der Waals surface area contributed by atoms with Crippen LogP contribution in [0.1, 0.15) is 24.1 Å². The molecular formula is C17H13Cl2FN2O2. The number of halogens is 3. The molecule has 0 fully saturated rings. The normalized spacial score (nSPS) is 11.5. The third-order valence-corrected chi connectivity index (χ3v) is 3.85.